The Hall–Kier alpha value is -3.80. The molecule has 2 aromatic heterocycles. The van der Waals surface area contributed by atoms with Crippen LogP contribution in [0.4, 0.5) is 10.3 Å². The third-order valence-corrected chi connectivity index (χ3v) is 4.93. The van der Waals surface area contributed by atoms with Crippen LogP contribution in [0.2, 0.25) is 0 Å². The van der Waals surface area contributed by atoms with Gasteiger partial charge in [0.2, 0.25) is 5.95 Å². The van der Waals surface area contributed by atoms with Gasteiger partial charge in [-0.25, -0.2) is 13.8 Å². The molecule has 0 amide bonds. The van der Waals surface area contributed by atoms with Gasteiger partial charge in [0.25, 0.3) is 0 Å². The van der Waals surface area contributed by atoms with Crippen LogP contribution >= 0.6 is 0 Å². The Morgan fingerprint density at radius 2 is 1.59 bits per heavy atom. The molecule has 0 saturated heterocycles. The van der Waals surface area contributed by atoms with Crippen molar-refractivity contribution in [1.82, 2.24) is 19.6 Å². The Balaban J connectivity index is 1.73. The molecule has 0 aliphatic rings. The molecular weight excluding hydrogens is 365 g/mol. The first-order chi connectivity index (χ1) is 14.2. The Bertz CT molecular complexity index is 1300. The van der Waals surface area contributed by atoms with Crippen LogP contribution < -0.4 is 4.90 Å². The van der Waals surface area contributed by atoms with Gasteiger partial charge in [-0.2, -0.15) is 0 Å². The van der Waals surface area contributed by atoms with E-state index in [1.54, 1.807) is 12.1 Å². The fraction of sp³-hybridized carbons (Fsp3) is 0.0870. The van der Waals surface area contributed by atoms with Crippen molar-refractivity contribution in [3.8, 4) is 11.4 Å². The monoisotopic (exact) mass is 383 g/mol. The van der Waals surface area contributed by atoms with Crippen LogP contribution in [-0.2, 0) is 6.54 Å². The Morgan fingerprint density at radius 3 is 2.38 bits per heavy atom. The highest BCUT2D eigenvalue weighted by molar-refractivity contribution is 5.93. The highest BCUT2D eigenvalue weighted by atomic mass is 19.1. The molecule has 6 heteroatoms. The fourth-order valence-corrected chi connectivity index (χ4v) is 3.54. The number of para-hydroxylation sites is 1. The number of nitrogens with zero attached hydrogens (tertiary/aromatic N) is 5. The molecule has 5 rings (SSSR count). The van der Waals surface area contributed by atoms with E-state index in [0.717, 1.165) is 28.1 Å². The highest BCUT2D eigenvalue weighted by Gasteiger charge is 2.18. The summed E-state index contributed by atoms with van der Waals surface area (Å²) in [6.07, 6.45) is 0. The topological polar surface area (TPSA) is 46.3 Å². The molecule has 142 valence electrons. The molecule has 0 aliphatic heterocycles. The average molecular weight is 383 g/mol. The fourth-order valence-electron chi connectivity index (χ4n) is 3.54. The number of anilines is 1. The number of hydrogen-bond donors (Lipinski definition) is 0. The Morgan fingerprint density at radius 1 is 0.862 bits per heavy atom. The zero-order valence-corrected chi connectivity index (χ0v) is 15.8. The van der Waals surface area contributed by atoms with E-state index in [1.807, 2.05) is 53.9 Å². The summed E-state index contributed by atoms with van der Waals surface area (Å²) in [6, 6.07) is 24.4. The number of rotatable bonds is 4. The average Bonchev–Trinajstić information content (AvgIpc) is 3.20. The van der Waals surface area contributed by atoms with Gasteiger partial charge in [0.1, 0.15) is 5.82 Å². The summed E-state index contributed by atoms with van der Waals surface area (Å²) in [7, 11) is 2.00. The third-order valence-electron chi connectivity index (χ3n) is 4.93. The van der Waals surface area contributed by atoms with E-state index in [4.69, 9.17) is 4.98 Å². The maximum absolute atomic E-state index is 13.4. The zero-order chi connectivity index (χ0) is 19.8. The molecule has 0 fully saturated rings. The van der Waals surface area contributed by atoms with Crippen LogP contribution in [0.1, 0.15) is 5.56 Å². The van der Waals surface area contributed by atoms with Gasteiger partial charge in [0, 0.05) is 24.5 Å². The quantitative estimate of drug-likeness (QED) is 0.451. The van der Waals surface area contributed by atoms with Gasteiger partial charge < -0.3 is 4.90 Å². The molecule has 0 N–H and O–H groups in total. The van der Waals surface area contributed by atoms with Gasteiger partial charge in [0.15, 0.2) is 11.5 Å². The molecule has 3 aromatic carbocycles. The molecule has 0 radical (unpaired) electrons. The number of fused-ring (bicyclic) bond motifs is 3. The van der Waals surface area contributed by atoms with Crippen LogP contribution in [-0.4, -0.2) is 26.6 Å². The summed E-state index contributed by atoms with van der Waals surface area (Å²) in [6.45, 7) is 0.683. The third kappa shape index (κ3) is 3.08. The number of aromatic nitrogens is 4. The lowest BCUT2D eigenvalue weighted by Gasteiger charge is -2.21. The molecule has 0 saturated carbocycles. The smallest absolute Gasteiger partial charge is 0.213 e. The lowest BCUT2D eigenvalue weighted by Crippen LogP contribution is -2.21. The van der Waals surface area contributed by atoms with Crippen LogP contribution in [0.25, 0.3) is 27.9 Å². The zero-order valence-electron chi connectivity index (χ0n) is 15.8. The lowest BCUT2D eigenvalue weighted by molar-refractivity contribution is 0.628. The highest BCUT2D eigenvalue weighted by Crippen LogP contribution is 2.28. The minimum absolute atomic E-state index is 0.285. The second-order valence-electron chi connectivity index (χ2n) is 6.96. The maximum atomic E-state index is 13.4. The normalized spacial score (nSPS) is 11.2. The molecule has 0 atom stereocenters. The number of halogens is 1. The van der Waals surface area contributed by atoms with E-state index in [0.29, 0.717) is 12.4 Å². The standard InChI is InChI=1S/C23H18FN5/c1-28(15-16-7-3-2-4-8-16)23-25-20-10-6-5-9-19(20)22-27-26-21(29(22)23)17-11-13-18(24)14-12-17/h2-14H,15H2,1H3. The van der Waals surface area contributed by atoms with Crippen LogP contribution in [0, 0.1) is 5.82 Å². The number of benzene rings is 3. The van der Waals surface area contributed by atoms with E-state index in [9.17, 15) is 4.39 Å². The Labute approximate surface area is 167 Å². The molecule has 0 spiro atoms. The van der Waals surface area contributed by atoms with Gasteiger partial charge in [-0.1, -0.05) is 42.5 Å². The van der Waals surface area contributed by atoms with Crippen LogP contribution in [0.5, 0.6) is 0 Å². The van der Waals surface area contributed by atoms with E-state index in [2.05, 4.69) is 27.2 Å². The van der Waals surface area contributed by atoms with E-state index in [-0.39, 0.29) is 5.82 Å². The second kappa shape index (κ2) is 6.98. The second-order valence-corrected chi connectivity index (χ2v) is 6.96. The van der Waals surface area contributed by atoms with Crippen molar-refractivity contribution in [1.29, 1.82) is 0 Å². The molecule has 0 bridgehead atoms. The summed E-state index contributed by atoms with van der Waals surface area (Å²) < 4.78 is 15.4. The molecule has 29 heavy (non-hydrogen) atoms. The van der Waals surface area contributed by atoms with E-state index < -0.39 is 0 Å². The maximum Gasteiger partial charge on any atom is 0.213 e. The molecule has 0 aliphatic carbocycles. The summed E-state index contributed by atoms with van der Waals surface area (Å²) >= 11 is 0. The van der Waals surface area contributed by atoms with Crippen LogP contribution in [0.15, 0.2) is 78.9 Å². The van der Waals surface area contributed by atoms with Gasteiger partial charge in [-0.05, 0) is 42.0 Å². The van der Waals surface area contributed by atoms with Crippen molar-refractivity contribution in [3.63, 3.8) is 0 Å². The van der Waals surface area contributed by atoms with Crippen molar-refractivity contribution >= 4 is 22.5 Å². The lowest BCUT2D eigenvalue weighted by atomic mass is 10.2. The van der Waals surface area contributed by atoms with E-state index >= 15 is 0 Å². The van der Waals surface area contributed by atoms with Crippen LogP contribution in [0.3, 0.4) is 0 Å². The first kappa shape index (κ1) is 17.3. The van der Waals surface area contributed by atoms with Crippen molar-refractivity contribution in [2.75, 3.05) is 11.9 Å². The van der Waals surface area contributed by atoms with Crippen molar-refractivity contribution in [2.24, 2.45) is 0 Å². The predicted octanol–water partition coefficient (Wildman–Crippen LogP) is 4.72. The van der Waals surface area contributed by atoms with E-state index in [1.165, 1.54) is 17.7 Å². The van der Waals surface area contributed by atoms with Gasteiger partial charge in [0.05, 0.1) is 5.52 Å². The first-order valence-corrected chi connectivity index (χ1v) is 9.35. The minimum atomic E-state index is -0.285. The summed E-state index contributed by atoms with van der Waals surface area (Å²) in [5.74, 6) is 1.08. The predicted molar refractivity (Wildman–Crippen MR) is 112 cm³/mol. The summed E-state index contributed by atoms with van der Waals surface area (Å²) in [5.41, 5.74) is 3.54. The molecule has 5 aromatic rings. The van der Waals surface area contributed by atoms with Crippen molar-refractivity contribution in [3.05, 3.63) is 90.2 Å². The number of hydrogen-bond acceptors (Lipinski definition) is 4. The summed E-state index contributed by atoms with van der Waals surface area (Å²) in [5, 5.41) is 9.79. The van der Waals surface area contributed by atoms with Crippen molar-refractivity contribution < 1.29 is 4.39 Å². The first-order valence-electron chi connectivity index (χ1n) is 9.35. The SMILES string of the molecule is CN(Cc1ccccc1)c1nc2ccccc2c2nnc(-c3ccc(F)cc3)n12. The molecule has 5 nitrogen and oxygen atoms in total. The minimum Gasteiger partial charge on any atom is -0.341 e. The summed E-state index contributed by atoms with van der Waals surface area (Å²) in [4.78, 5) is 6.98. The molecule has 2 heterocycles. The van der Waals surface area contributed by atoms with Crippen molar-refractivity contribution in [2.45, 2.75) is 6.54 Å². The van der Waals surface area contributed by atoms with Gasteiger partial charge >= 0.3 is 0 Å². The largest absolute Gasteiger partial charge is 0.341 e. The van der Waals surface area contributed by atoms with Gasteiger partial charge in [-0.3, -0.25) is 0 Å². The van der Waals surface area contributed by atoms with Gasteiger partial charge in [-0.15, -0.1) is 10.2 Å². The molecular formula is C23H18FN5. The Kier molecular flexibility index (Phi) is 4.17. The molecule has 0 unspecified atom stereocenters.